The maximum absolute atomic E-state index is 12.3. The number of rotatable bonds is 6. The number of pyridine rings is 1. The second-order valence-electron chi connectivity index (χ2n) is 6.32. The molecule has 0 aliphatic rings. The van der Waals surface area contributed by atoms with Crippen LogP contribution in [0.15, 0.2) is 73.2 Å². The number of hydrogen-bond donors (Lipinski definition) is 2. The molecular weight excluding hydrogens is 459 g/mol. The Bertz CT molecular complexity index is 1150. The lowest BCUT2D eigenvalue weighted by Crippen LogP contribution is -2.06. The van der Waals surface area contributed by atoms with Gasteiger partial charge in [-0.15, -0.1) is 0 Å². The molecule has 0 atom stereocenters. The van der Waals surface area contributed by atoms with Gasteiger partial charge in [0.2, 0.25) is 0 Å². The van der Waals surface area contributed by atoms with Crippen LogP contribution in [0, 0.1) is 0 Å². The number of hydrogen-bond acceptors (Lipinski definition) is 4. The van der Waals surface area contributed by atoms with E-state index in [9.17, 15) is 13.2 Å². The number of anilines is 1. The molecule has 10 heteroatoms. The molecule has 0 radical (unpaired) electrons. The number of benzene rings is 1. The number of nitrogens with zero attached hydrogens (tertiary/aromatic N) is 3. The fourth-order valence-corrected chi connectivity index (χ4v) is 2.83. The average molecular weight is 480 g/mol. The molecular formula is C22H21ClF3N5S. The molecule has 0 aliphatic carbocycles. The summed E-state index contributed by atoms with van der Waals surface area (Å²) in [5.41, 5.74) is 3.30. The van der Waals surface area contributed by atoms with Gasteiger partial charge in [0, 0.05) is 30.0 Å². The van der Waals surface area contributed by atoms with E-state index in [2.05, 4.69) is 39.5 Å². The van der Waals surface area contributed by atoms with Crippen LogP contribution in [0.3, 0.4) is 0 Å². The van der Waals surface area contributed by atoms with Gasteiger partial charge in [0.25, 0.3) is 0 Å². The quantitative estimate of drug-likeness (QED) is 0.320. The zero-order valence-electron chi connectivity index (χ0n) is 17.3. The highest BCUT2D eigenvalue weighted by atomic mass is 35.5. The van der Waals surface area contributed by atoms with E-state index in [1.54, 1.807) is 23.2 Å². The van der Waals surface area contributed by atoms with Gasteiger partial charge in [0.05, 0.1) is 28.0 Å². The minimum Gasteiger partial charge on any atom is -0.392 e. The number of allylic oxidation sites excluding steroid dienone is 5. The third-order valence-electron chi connectivity index (χ3n) is 4.18. The van der Waals surface area contributed by atoms with Gasteiger partial charge in [0.15, 0.2) is 5.65 Å². The number of alkyl halides is 3. The molecule has 0 fully saturated rings. The molecule has 2 aromatic heterocycles. The highest BCUT2D eigenvalue weighted by Gasteiger charge is 2.33. The van der Waals surface area contributed by atoms with Crippen LogP contribution < -0.4 is 10.6 Å². The summed E-state index contributed by atoms with van der Waals surface area (Å²) in [6, 6.07) is 7.38. The smallest absolute Gasteiger partial charge is 0.392 e. The predicted octanol–water partition coefficient (Wildman–Crippen LogP) is 6.31. The van der Waals surface area contributed by atoms with Crippen molar-refractivity contribution in [2.24, 2.45) is 0 Å². The monoisotopic (exact) mass is 479 g/mol. The van der Waals surface area contributed by atoms with E-state index in [1.165, 1.54) is 12.1 Å². The van der Waals surface area contributed by atoms with Crippen molar-refractivity contribution < 1.29 is 13.2 Å². The van der Waals surface area contributed by atoms with Crippen LogP contribution in [0.1, 0.15) is 12.5 Å². The Labute approximate surface area is 194 Å². The fraction of sp³-hybridized carbons (Fsp3) is 0.136. The lowest BCUT2D eigenvalue weighted by atomic mass is 10.2. The van der Waals surface area contributed by atoms with Gasteiger partial charge in [-0.3, -0.25) is 0 Å². The number of halogens is 4. The Kier molecular flexibility index (Phi) is 8.98. The van der Waals surface area contributed by atoms with E-state index < -0.39 is 11.7 Å². The van der Waals surface area contributed by atoms with Crippen molar-refractivity contribution in [3.63, 3.8) is 0 Å². The summed E-state index contributed by atoms with van der Waals surface area (Å²) in [4.78, 5) is 4.33. The normalized spacial score (nSPS) is 12.1. The van der Waals surface area contributed by atoms with Gasteiger partial charge in [-0.2, -0.15) is 18.3 Å². The first-order valence-corrected chi connectivity index (χ1v) is 10.1. The Morgan fingerprint density at radius 1 is 1.25 bits per heavy atom. The molecule has 0 saturated carbocycles. The van der Waals surface area contributed by atoms with Crippen molar-refractivity contribution in [3.8, 4) is 0 Å². The molecule has 32 heavy (non-hydrogen) atoms. The van der Waals surface area contributed by atoms with Gasteiger partial charge in [-0.1, -0.05) is 30.4 Å². The Morgan fingerprint density at radius 3 is 2.62 bits per heavy atom. The van der Waals surface area contributed by atoms with Crippen molar-refractivity contribution in [2.75, 3.05) is 12.4 Å². The highest BCUT2D eigenvalue weighted by Crippen LogP contribution is 2.36. The average Bonchev–Trinajstić information content (AvgIpc) is 3.19. The lowest BCUT2D eigenvalue weighted by Gasteiger charge is -2.10. The molecule has 0 unspecified atom stereocenters. The predicted molar refractivity (Wildman–Crippen MR) is 129 cm³/mol. The molecule has 0 aliphatic heterocycles. The molecule has 5 nitrogen and oxygen atoms in total. The molecule has 0 bridgehead atoms. The maximum atomic E-state index is 12.3. The van der Waals surface area contributed by atoms with Crippen molar-refractivity contribution in [1.29, 1.82) is 0 Å². The minimum absolute atomic E-state index is 0.261. The summed E-state index contributed by atoms with van der Waals surface area (Å²) >= 11 is 9.85. The van der Waals surface area contributed by atoms with Crippen LogP contribution in [-0.4, -0.2) is 27.3 Å². The summed E-state index contributed by atoms with van der Waals surface area (Å²) in [6.45, 7) is 5.82. The second-order valence-corrected chi connectivity index (χ2v) is 6.97. The van der Waals surface area contributed by atoms with Crippen molar-refractivity contribution >= 4 is 51.7 Å². The van der Waals surface area contributed by atoms with Crippen LogP contribution >= 0.6 is 23.8 Å². The van der Waals surface area contributed by atoms with Crippen LogP contribution in [0.5, 0.6) is 0 Å². The summed E-state index contributed by atoms with van der Waals surface area (Å²) < 4.78 is 38.7. The van der Waals surface area contributed by atoms with Gasteiger partial charge >= 0.3 is 6.18 Å². The molecule has 2 heterocycles. The number of fused-ring (bicyclic) bond motifs is 1. The van der Waals surface area contributed by atoms with Gasteiger partial charge in [-0.25, -0.2) is 9.67 Å². The Morgan fingerprint density at radius 2 is 2.00 bits per heavy atom. The van der Waals surface area contributed by atoms with E-state index >= 15 is 0 Å². The third-order valence-corrected chi connectivity index (χ3v) is 4.63. The first-order valence-electron chi connectivity index (χ1n) is 9.26. The first kappa shape index (κ1) is 25.1. The molecule has 2 N–H and O–H groups in total. The Hall–Kier alpha value is -3.17. The van der Waals surface area contributed by atoms with Crippen LogP contribution in [0.4, 0.5) is 18.9 Å². The standard InChI is InChI=1S/C14H16N4.C8H5ClF3NS/c1-4-13(8-7-11(2)15-3)18-14-12(10-17-18)6-5-9-16-14;9-7-2-1-5(13-4-14)3-6(7)8(10,11)12/h4-10,15H,1H2,2-3H3;1-4H,(H,13,14)/b11-7+,13-8+;. The fourth-order valence-electron chi connectivity index (χ4n) is 2.47. The van der Waals surface area contributed by atoms with Crippen molar-refractivity contribution in [3.05, 3.63) is 83.8 Å². The molecule has 3 aromatic rings. The van der Waals surface area contributed by atoms with Crippen molar-refractivity contribution in [2.45, 2.75) is 13.1 Å². The summed E-state index contributed by atoms with van der Waals surface area (Å²) in [6.07, 6.45) is 4.81. The zero-order valence-corrected chi connectivity index (χ0v) is 18.9. The van der Waals surface area contributed by atoms with E-state index in [4.69, 9.17) is 11.6 Å². The molecule has 0 spiro atoms. The molecule has 3 rings (SSSR count). The topological polar surface area (TPSA) is 54.8 Å². The van der Waals surface area contributed by atoms with Gasteiger partial charge < -0.3 is 10.6 Å². The van der Waals surface area contributed by atoms with Crippen molar-refractivity contribution in [1.82, 2.24) is 20.1 Å². The molecule has 0 saturated heterocycles. The lowest BCUT2D eigenvalue weighted by molar-refractivity contribution is -0.137. The van der Waals surface area contributed by atoms with E-state index in [1.807, 2.05) is 38.3 Å². The van der Waals surface area contributed by atoms with E-state index in [-0.39, 0.29) is 10.7 Å². The zero-order chi connectivity index (χ0) is 23.7. The molecule has 0 amide bonds. The SMILES string of the molecule is C=C/C(=C\C=C(/C)NC)n1ncc2cccnc21.FC(F)(F)c1cc(NC=S)ccc1Cl. The van der Waals surface area contributed by atoms with Crippen LogP contribution in [0.2, 0.25) is 5.02 Å². The second kappa shape index (κ2) is 11.4. The van der Waals surface area contributed by atoms with E-state index in [0.29, 0.717) is 0 Å². The van der Waals surface area contributed by atoms with Crippen LogP contribution in [0.25, 0.3) is 16.7 Å². The molecule has 168 valence electrons. The van der Waals surface area contributed by atoms with Gasteiger partial charge in [0.1, 0.15) is 0 Å². The largest absolute Gasteiger partial charge is 0.417 e. The first-order chi connectivity index (χ1) is 15.2. The summed E-state index contributed by atoms with van der Waals surface area (Å²) in [5, 5.41) is 10.6. The summed E-state index contributed by atoms with van der Waals surface area (Å²) in [5.74, 6) is 0. The van der Waals surface area contributed by atoms with Crippen LogP contribution in [-0.2, 0) is 6.18 Å². The maximum Gasteiger partial charge on any atom is 0.417 e. The number of thiocarbonyl (C=S) groups is 1. The minimum atomic E-state index is -4.45. The highest BCUT2D eigenvalue weighted by molar-refractivity contribution is 7.79. The number of nitrogens with one attached hydrogen (secondary N) is 2. The molecule has 1 aromatic carbocycles. The third kappa shape index (κ3) is 6.66. The Balaban J connectivity index is 0.000000235. The summed E-state index contributed by atoms with van der Waals surface area (Å²) in [7, 11) is 1.89. The number of aromatic nitrogens is 3. The van der Waals surface area contributed by atoms with Gasteiger partial charge in [-0.05, 0) is 55.5 Å². The van der Waals surface area contributed by atoms with E-state index in [0.717, 1.165) is 34.0 Å².